The van der Waals surface area contributed by atoms with E-state index in [4.69, 9.17) is 14.2 Å². The van der Waals surface area contributed by atoms with Crippen LogP contribution in [-0.2, 0) is 6.54 Å². The predicted molar refractivity (Wildman–Crippen MR) is 104 cm³/mol. The molecule has 0 aromatic heterocycles. The Morgan fingerprint density at radius 1 is 1.14 bits per heavy atom. The van der Waals surface area contributed by atoms with E-state index in [1.807, 2.05) is 24.3 Å². The summed E-state index contributed by atoms with van der Waals surface area (Å²) in [6.07, 6.45) is -1.65. The van der Waals surface area contributed by atoms with Crippen LogP contribution in [0.15, 0.2) is 47.5 Å². The lowest BCUT2D eigenvalue weighted by molar-refractivity contribution is 0.0818. The van der Waals surface area contributed by atoms with Gasteiger partial charge < -0.3 is 24.8 Å². The molecule has 2 N–H and O–H groups in total. The molecule has 6 nitrogen and oxygen atoms in total. The molecule has 1 aliphatic heterocycles. The number of hydrogen-bond acceptors (Lipinski definition) is 4. The van der Waals surface area contributed by atoms with Gasteiger partial charge >= 0.3 is 0 Å². The van der Waals surface area contributed by atoms with Gasteiger partial charge in [0.25, 0.3) is 6.43 Å². The van der Waals surface area contributed by atoms with Gasteiger partial charge in [-0.25, -0.2) is 8.78 Å². The van der Waals surface area contributed by atoms with Crippen molar-refractivity contribution in [3.8, 4) is 17.2 Å². The number of guanidine groups is 1. The minimum Gasteiger partial charge on any atom is -0.490 e. The number of hydrogen-bond donors (Lipinski definition) is 2. The van der Waals surface area contributed by atoms with Gasteiger partial charge in [0.1, 0.15) is 12.4 Å². The fourth-order valence-electron chi connectivity index (χ4n) is 2.65. The lowest BCUT2D eigenvalue weighted by Crippen LogP contribution is -2.30. The average molecular weight is 391 g/mol. The molecule has 0 unspecified atom stereocenters. The lowest BCUT2D eigenvalue weighted by atomic mass is 10.2. The summed E-state index contributed by atoms with van der Waals surface area (Å²) in [7, 11) is 1.67. The maximum absolute atomic E-state index is 12.3. The van der Waals surface area contributed by atoms with Crippen molar-refractivity contribution in [3.05, 3.63) is 48.0 Å². The summed E-state index contributed by atoms with van der Waals surface area (Å²) in [5.74, 6) is 2.40. The van der Waals surface area contributed by atoms with E-state index in [2.05, 4.69) is 15.6 Å². The molecule has 3 rings (SSSR count). The highest BCUT2D eigenvalue weighted by molar-refractivity contribution is 5.93. The molecular weight excluding hydrogens is 368 g/mol. The van der Waals surface area contributed by atoms with Crippen molar-refractivity contribution in [2.24, 2.45) is 4.99 Å². The largest absolute Gasteiger partial charge is 0.490 e. The van der Waals surface area contributed by atoms with Crippen molar-refractivity contribution >= 4 is 11.6 Å². The van der Waals surface area contributed by atoms with Crippen LogP contribution in [0.2, 0.25) is 0 Å². The fourth-order valence-corrected chi connectivity index (χ4v) is 2.65. The molecule has 2 aromatic rings. The summed E-state index contributed by atoms with van der Waals surface area (Å²) in [4.78, 5) is 4.20. The van der Waals surface area contributed by atoms with Crippen molar-refractivity contribution in [3.63, 3.8) is 0 Å². The lowest BCUT2D eigenvalue weighted by Gasteiger charge is -2.14. The van der Waals surface area contributed by atoms with Gasteiger partial charge in [0.2, 0.25) is 0 Å². The van der Waals surface area contributed by atoms with Crippen LogP contribution in [0.5, 0.6) is 17.2 Å². The minimum atomic E-state index is -2.50. The summed E-state index contributed by atoms with van der Waals surface area (Å²) < 4.78 is 40.9. The molecule has 28 heavy (non-hydrogen) atoms. The molecule has 0 atom stereocenters. The molecule has 0 radical (unpaired) electrons. The highest BCUT2D eigenvalue weighted by Crippen LogP contribution is 2.32. The van der Waals surface area contributed by atoms with E-state index in [1.54, 1.807) is 25.2 Å². The molecule has 2 aromatic carbocycles. The van der Waals surface area contributed by atoms with Crippen molar-refractivity contribution in [2.45, 2.75) is 19.4 Å². The van der Waals surface area contributed by atoms with Gasteiger partial charge in [-0.1, -0.05) is 12.1 Å². The van der Waals surface area contributed by atoms with E-state index < -0.39 is 13.0 Å². The number of ether oxygens (including phenoxy) is 3. The van der Waals surface area contributed by atoms with Crippen LogP contribution >= 0.6 is 0 Å². The van der Waals surface area contributed by atoms with Crippen molar-refractivity contribution in [1.29, 1.82) is 0 Å². The molecule has 1 aliphatic rings. The number of benzene rings is 2. The van der Waals surface area contributed by atoms with Crippen LogP contribution in [0.25, 0.3) is 0 Å². The van der Waals surface area contributed by atoms with Gasteiger partial charge in [-0.2, -0.15) is 0 Å². The molecule has 0 spiro atoms. The first-order chi connectivity index (χ1) is 13.6. The molecule has 0 aliphatic carbocycles. The van der Waals surface area contributed by atoms with Crippen LogP contribution in [-0.4, -0.2) is 39.3 Å². The Balaban J connectivity index is 1.58. The molecule has 1 heterocycles. The normalized spacial score (nSPS) is 13.8. The Hall–Kier alpha value is -3.03. The first-order valence-corrected chi connectivity index (χ1v) is 9.01. The molecule has 0 bridgehead atoms. The fraction of sp³-hybridized carbons (Fsp3) is 0.350. The van der Waals surface area contributed by atoms with Crippen molar-refractivity contribution in [1.82, 2.24) is 5.32 Å². The molecule has 0 saturated carbocycles. The number of nitrogens with zero attached hydrogens (tertiary/aromatic N) is 1. The third-order valence-electron chi connectivity index (χ3n) is 3.97. The number of alkyl halides is 2. The molecule has 0 saturated heterocycles. The third kappa shape index (κ3) is 5.73. The second kappa shape index (κ2) is 9.77. The van der Waals surface area contributed by atoms with Crippen molar-refractivity contribution in [2.75, 3.05) is 32.2 Å². The van der Waals surface area contributed by atoms with Crippen LogP contribution in [0.4, 0.5) is 14.5 Å². The van der Waals surface area contributed by atoms with E-state index in [9.17, 15) is 8.78 Å². The van der Waals surface area contributed by atoms with Gasteiger partial charge in [0.05, 0.1) is 13.2 Å². The Bertz CT molecular complexity index is 815. The van der Waals surface area contributed by atoms with Gasteiger partial charge in [-0.15, -0.1) is 0 Å². The van der Waals surface area contributed by atoms with Crippen LogP contribution in [0.1, 0.15) is 12.0 Å². The Kier molecular flexibility index (Phi) is 6.89. The van der Waals surface area contributed by atoms with Crippen LogP contribution in [0, 0.1) is 0 Å². The average Bonchev–Trinajstić information content (AvgIpc) is 2.95. The number of aliphatic imine (C=N–C) groups is 1. The maximum atomic E-state index is 12.3. The highest BCUT2D eigenvalue weighted by atomic mass is 19.3. The number of nitrogens with one attached hydrogen (secondary N) is 2. The second-order valence-corrected chi connectivity index (χ2v) is 6.11. The molecule has 0 fully saturated rings. The number of halogens is 2. The first-order valence-electron chi connectivity index (χ1n) is 9.01. The Labute approximate surface area is 162 Å². The molecule has 8 heteroatoms. The van der Waals surface area contributed by atoms with Crippen LogP contribution in [0.3, 0.4) is 0 Å². The zero-order valence-corrected chi connectivity index (χ0v) is 15.6. The summed E-state index contributed by atoms with van der Waals surface area (Å²) in [6.45, 7) is 1.09. The van der Waals surface area contributed by atoms with E-state index in [0.29, 0.717) is 37.2 Å². The second-order valence-electron chi connectivity index (χ2n) is 6.11. The number of fused-ring (bicyclic) bond motifs is 1. The Morgan fingerprint density at radius 3 is 2.75 bits per heavy atom. The van der Waals surface area contributed by atoms with E-state index in [0.717, 1.165) is 23.4 Å². The molecular formula is C20H23F2N3O3. The first kappa shape index (κ1) is 19.7. The Morgan fingerprint density at radius 2 is 1.96 bits per heavy atom. The summed E-state index contributed by atoms with van der Waals surface area (Å²) >= 11 is 0. The van der Waals surface area contributed by atoms with E-state index in [-0.39, 0.29) is 0 Å². The molecule has 0 amide bonds. The topological polar surface area (TPSA) is 64.1 Å². The van der Waals surface area contributed by atoms with Gasteiger partial charge in [0, 0.05) is 31.8 Å². The zero-order chi connectivity index (χ0) is 19.8. The highest BCUT2D eigenvalue weighted by Gasteiger charge is 2.11. The monoisotopic (exact) mass is 391 g/mol. The molecule has 150 valence electrons. The predicted octanol–water partition coefficient (Wildman–Crippen LogP) is 3.68. The van der Waals surface area contributed by atoms with E-state index >= 15 is 0 Å². The van der Waals surface area contributed by atoms with Gasteiger partial charge in [0.15, 0.2) is 17.5 Å². The maximum Gasteiger partial charge on any atom is 0.272 e. The SMILES string of the molecule is CN=C(NCc1cccc(OCC(F)F)c1)Nc1ccc2c(c1)OCCCO2. The van der Waals surface area contributed by atoms with E-state index in [1.165, 1.54) is 0 Å². The van der Waals surface area contributed by atoms with Crippen LogP contribution < -0.4 is 24.8 Å². The standard InChI is InChI=1S/C20H23F2N3O3/c1-23-20(24-12-14-4-2-5-16(10-14)28-13-19(21)22)25-15-6-7-17-18(11-15)27-9-3-8-26-17/h2,4-7,10-11,19H,3,8-9,12-13H2,1H3,(H2,23,24,25). The van der Waals surface area contributed by atoms with Gasteiger partial charge in [-0.3, -0.25) is 4.99 Å². The summed E-state index contributed by atoms with van der Waals surface area (Å²) in [5.41, 5.74) is 1.69. The minimum absolute atomic E-state index is 0.408. The smallest absolute Gasteiger partial charge is 0.272 e. The summed E-state index contributed by atoms with van der Waals surface area (Å²) in [5, 5.41) is 6.38. The van der Waals surface area contributed by atoms with Gasteiger partial charge in [-0.05, 0) is 29.8 Å². The number of anilines is 1. The van der Waals surface area contributed by atoms with Crippen molar-refractivity contribution < 1.29 is 23.0 Å². The quantitative estimate of drug-likeness (QED) is 0.581. The summed E-state index contributed by atoms with van der Waals surface area (Å²) in [6, 6.07) is 12.6. The number of rotatable bonds is 6. The zero-order valence-electron chi connectivity index (χ0n) is 15.6. The third-order valence-corrected chi connectivity index (χ3v) is 3.97.